The summed E-state index contributed by atoms with van der Waals surface area (Å²) in [5.41, 5.74) is 7.58. The van der Waals surface area contributed by atoms with Crippen molar-refractivity contribution in [2.24, 2.45) is 15.7 Å². The third-order valence-corrected chi connectivity index (χ3v) is 5.53. The van der Waals surface area contributed by atoms with E-state index in [0.717, 1.165) is 11.4 Å². The second kappa shape index (κ2) is 12.5. The van der Waals surface area contributed by atoms with Crippen LogP contribution < -0.4 is 10.6 Å². The molecule has 0 spiro atoms. The van der Waals surface area contributed by atoms with Crippen LogP contribution in [0.25, 0.3) is 0 Å². The molecular weight excluding hydrogens is 450 g/mol. The lowest BCUT2D eigenvalue weighted by molar-refractivity contribution is -0.129. The molecule has 0 unspecified atom stereocenters. The fourth-order valence-corrected chi connectivity index (χ4v) is 3.58. The molecule has 35 heavy (non-hydrogen) atoms. The summed E-state index contributed by atoms with van der Waals surface area (Å²) in [4.78, 5) is 29.9. The minimum atomic E-state index is -0.399. The molecular formula is C26H30F2N6O. The summed E-state index contributed by atoms with van der Waals surface area (Å²) in [6, 6.07) is 9.53. The summed E-state index contributed by atoms with van der Waals surface area (Å²) in [5.74, 6) is 0.414. The minimum Gasteiger partial charge on any atom is -0.384 e. The fourth-order valence-electron chi connectivity index (χ4n) is 3.58. The van der Waals surface area contributed by atoms with Crippen molar-refractivity contribution in [2.45, 2.75) is 20.3 Å². The van der Waals surface area contributed by atoms with Gasteiger partial charge in [-0.2, -0.15) is 0 Å². The van der Waals surface area contributed by atoms with E-state index in [2.05, 4.69) is 19.9 Å². The van der Waals surface area contributed by atoms with Crippen molar-refractivity contribution < 1.29 is 13.6 Å². The maximum Gasteiger partial charge on any atom is 0.244 e. The van der Waals surface area contributed by atoms with Crippen molar-refractivity contribution in [3.63, 3.8) is 0 Å². The number of hydrogen-bond acceptors (Lipinski definition) is 4. The maximum atomic E-state index is 13.4. The quantitative estimate of drug-likeness (QED) is 0.482. The van der Waals surface area contributed by atoms with Gasteiger partial charge in [0.15, 0.2) is 5.84 Å². The largest absolute Gasteiger partial charge is 0.384 e. The standard InChI is InChI=1S/C26H30F2N6O/c1-3-21(27)7-4-8-23(29)32-25(20-9-11-22(28)12-10-20)31-18-24(35)33-14-16-34(17-15-33)26-19(2)6-5-13-30-26/h3-6,8-13H,7,14-18H2,1-2H3,(H2,29,31,32)/b8-4+,21-3?. The number of nitrogens with two attached hydrogens (primary N) is 1. The molecule has 1 aromatic carbocycles. The number of allylic oxidation sites excluding steroid dienone is 3. The molecule has 0 atom stereocenters. The number of anilines is 1. The van der Waals surface area contributed by atoms with E-state index in [1.165, 1.54) is 36.4 Å². The smallest absolute Gasteiger partial charge is 0.244 e. The molecule has 1 fully saturated rings. The Morgan fingerprint density at radius 3 is 2.54 bits per heavy atom. The molecule has 7 nitrogen and oxygen atoms in total. The van der Waals surface area contributed by atoms with Gasteiger partial charge in [-0.1, -0.05) is 18.2 Å². The van der Waals surface area contributed by atoms with Crippen LogP contribution in [-0.4, -0.2) is 60.2 Å². The minimum absolute atomic E-state index is 0.0955. The molecule has 1 aliphatic rings. The van der Waals surface area contributed by atoms with Gasteiger partial charge in [-0.05, 0) is 55.8 Å². The summed E-state index contributed by atoms with van der Waals surface area (Å²) in [5, 5.41) is 0. The third kappa shape index (κ3) is 7.56. The second-order valence-electron chi connectivity index (χ2n) is 8.04. The van der Waals surface area contributed by atoms with Crippen LogP contribution in [0.1, 0.15) is 24.5 Å². The first-order chi connectivity index (χ1) is 16.9. The number of rotatable bonds is 7. The zero-order chi connectivity index (χ0) is 25.2. The Hall–Kier alpha value is -3.88. The lowest BCUT2D eigenvalue weighted by atomic mass is 10.2. The molecule has 0 radical (unpaired) electrons. The molecule has 1 aliphatic heterocycles. The van der Waals surface area contributed by atoms with Crippen molar-refractivity contribution >= 4 is 23.4 Å². The molecule has 2 heterocycles. The zero-order valence-electron chi connectivity index (χ0n) is 20.0. The molecule has 0 aliphatic carbocycles. The summed E-state index contributed by atoms with van der Waals surface area (Å²) >= 11 is 0. The van der Waals surface area contributed by atoms with Gasteiger partial charge in [0.2, 0.25) is 5.91 Å². The number of aliphatic imine (C=N–C) groups is 2. The molecule has 184 valence electrons. The first-order valence-electron chi connectivity index (χ1n) is 11.4. The Morgan fingerprint density at radius 1 is 1.17 bits per heavy atom. The number of nitrogens with zero attached hydrogens (tertiary/aromatic N) is 5. The zero-order valence-corrected chi connectivity index (χ0v) is 20.0. The van der Waals surface area contributed by atoms with Crippen LogP contribution in [0.15, 0.2) is 76.6 Å². The van der Waals surface area contributed by atoms with E-state index in [0.29, 0.717) is 31.7 Å². The molecule has 1 saturated heterocycles. The maximum absolute atomic E-state index is 13.4. The molecule has 0 bridgehead atoms. The van der Waals surface area contributed by atoms with Gasteiger partial charge in [-0.15, -0.1) is 0 Å². The Labute approximate surface area is 204 Å². The number of aryl methyl sites for hydroxylation is 1. The van der Waals surface area contributed by atoms with E-state index in [-0.39, 0.29) is 36.4 Å². The lowest BCUT2D eigenvalue weighted by Crippen LogP contribution is -2.49. The molecule has 2 aromatic rings. The molecule has 1 aromatic heterocycles. The van der Waals surface area contributed by atoms with Gasteiger partial charge < -0.3 is 15.5 Å². The fraction of sp³-hybridized carbons (Fsp3) is 0.308. The van der Waals surface area contributed by atoms with E-state index in [1.54, 1.807) is 24.1 Å². The van der Waals surface area contributed by atoms with E-state index in [9.17, 15) is 13.6 Å². The monoisotopic (exact) mass is 480 g/mol. The second-order valence-corrected chi connectivity index (χ2v) is 8.04. The first-order valence-corrected chi connectivity index (χ1v) is 11.4. The number of carbonyl (C=O) groups excluding carboxylic acids is 1. The van der Waals surface area contributed by atoms with Crippen LogP contribution in [0.3, 0.4) is 0 Å². The predicted molar refractivity (Wildman–Crippen MR) is 136 cm³/mol. The van der Waals surface area contributed by atoms with Crippen molar-refractivity contribution in [1.82, 2.24) is 9.88 Å². The van der Waals surface area contributed by atoms with E-state index >= 15 is 0 Å². The molecule has 2 N–H and O–H groups in total. The van der Waals surface area contributed by atoms with Crippen LogP contribution in [0.2, 0.25) is 0 Å². The number of benzene rings is 1. The summed E-state index contributed by atoms with van der Waals surface area (Å²) < 4.78 is 26.7. The van der Waals surface area contributed by atoms with Crippen molar-refractivity contribution in [1.29, 1.82) is 0 Å². The van der Waals surface area contributed by atoms with Crippen molar-refractivity contribution in [3.05, 3.63) is 83.6 Å². The highest BCUT2D eigenvalue weighted by molar-refractivity contribution is 6.09. The molecule has 0 saturated carbocycles. The number of carbonyl (C=O) groups is 1. The van der Waals surface area contributed by atoms with Gasteiger partial charge in [-0.3, -0.25) is 9.79 Å². The first kappa shape index (κ1) is 25.7. The SMILES string of the molecule is CC=C(F)C/C=C/C(N)=NC(=NCC(=O)N1CCN(c2ncccc2C)CC1)c1ccc(F)cc1. The summed E-state index contributed by atoms with van der Waals surface area (Å²) in [6.07, 6.45) is 6.25. The van der Waals surface area contributed by atoms with E-state index < -0.39 is 5.82 Å². The highest BCUT2D eigenvalue weighted by atomic mass is 19.1. The normalized spacial score (nSPS) is 15.7. The predicted octanol–water partition coefficient (Wildman–Crippen LogP) is 3.80. The van der Waals surface area contributed by atoms with Gasteiger partial charge in [0.25, 0.3) is 0 Å². The van der Waals surface area contributed by atoms with Crippen LogP contribution in [0, 0.1) is 12.7 Å². The van der Waals surface area contributed by atoms with Gasteiger partial charge >= 0.3 is 0 Å². The molecule has 1 amide bonds. The van der Waals surface area contributed by atoms with Gasteiger partial charge in [-0.25, -0.2) is 18.8 Å². The average molecular weight is 481 g/mol. The number of pyridine rings is 1. The number of amidine groups is 2. The van der Waals surface area contributed by atoms with Crippen LogP contribution >= 0.6 is 0 Å². The Balaban J connectivity index is 1.68. The van der Waals surface area contributed by atoms with E-state index in [1.807, 2.05) is 19.1 Å². The molecule has 9 heteroatoms. The van der Waals surface area contributed by atoms with E-state index in [4.69, 9.17) is 5.73 Å². The average Bonchev–Trinajstić information content (AvgIpc) is 2.87. The number of aromatic nitrogens is 1. The number of halogens is 2. The Kier molecular flexibility index (Phi) is 9.23. The van der Waals surface area contributed by atoms with Gasteiger partial charge in [0.1, 0.15) is 24.0 Å². The number of amides is 1. The van der Waals surface area contributed by atoms with Gasteiger partial charge in [0.05, 0.1) is 5.83 Å². The van der Waals surface area contributed by atoms with Crippen LogP contribution in [0.4, 0.5) is 14.6 Å². The van der Waals surface area contributed by atoms with Crippen molar-refractivity contribution in [2.75, 3.05) is 37.6 Å². The van der Waals surface area contributed by atoms with Crippen LogP contribution in [-0.2, 0) is 4.79 Å². The van der Waals surface area contributed by atoms with Gasteiger partial charge in [0, 0.05) is 44.4 Å². The van der Waals surface area contributed by atoms with Crippen LogP contribution in [0.5, 0.6) is 0 Å². The highest BCUT2D eigenvalue weighted by Crippen LogP contribution is 2.18. The topological polar surface area (TPSA) is 87.2 Å². The Bertz CT molecular complexity index is 1130. The lowest BCUT2D eigenvalue weighted by Gasteiger charge is -2.35. The summed E-state index contributed by atoms with van der Waals surface area (Å²) in [7, 11) is 0. The number of piperazine rings is 1. The highest BCUT2D eigenvalue weighted by Gasteiger charge is 2.22. The summed E-state index contributed by atoms with van der Waals surface area (Å²) in [6.45, 7) is 5.97. The third-order valence-electron chi connectivity index (χ3n) is 5.53. The Morgan fingerprint density at radius 2 is 1.89 bits per heavy atom. The van der Waals surface area contributed by atoms with Crippen molar-refractivity contribution in [3.8, 4) is 0 Å². The molecule has 3 rings (SSSR count). The number of hydrogen-bond donors (Lipinski definition) is 1.